The topological polar surface area (TPSA) is 46.2 Å². The summed E-state index contributed by atoms with van der Waals surface area (Å²) < 4.78 is 38.4. The molecule has 0 aromatic heterocycles. The van der Waals surface area contributed by atoms with Crippen molar-refractivity contribution in [2.24, 2.45) is 5.73 Å². The van der Waals surface area contributed by atoms with Crippen molar-refractivity contribution >= 4 is 0 Å². The minimum Gasteiger partial charge on any atom is -0.396 e. The third kappa shape index (κ3) is 2.70. The molecule has 0 aliphatic rings. The van der Waals surface area contributed by atoms with Crippen LogP contribution in [0.25, 0.3) is 0 Å². The number of hydrogen-bond donors (Lipinski definition) is 2. The molecule has 0 saturated heterocycles. The van der Waals surface area contributed by atoms with Gasteiger partial charge in [-0.05, 0) is 36.6 Å². The second-order valence-corrected chi connectivity index (χ2v) is 3.24. The number of rotatable bonds is 4. The Morgan fingerprint density at radius 1 is 1.20 bits per heavy atom. The number of benzene rings is 1. The first kappa shape index (κ1) is 12.0. The molecule has 0 heterocycles. The van der Waals surface area contributed by atoms with Crippen LogP contribution in [0.2, 0.25) is 0 Å². The third-order valence-corrected chi connectivity index (χ3v) is 2.24. The molecule has 2 nitrogen and oxygen atoms in total. The minimum atomic E-state index is -1.49. The highest BCUT2D eigenvalue weighted by Crippen LogP contribution is 2.22. The SMILES string of the molecule is NCC(CCO)c1cc(F)c(F)c(F)c1. The summed E-state index contributed by atoms with van der Waals surface area (Å²) in [5.74, 6) is -4.32. The number of aliphatic hydroxyl groups is 1. The second kappa shape index (κ2) is 5.14. The lowest BCUT2D eigenvalue weighted by molar-refractivity contribution is 0.276. The van der Waals surface area contributed by atoms with E-state index in [1.165, 1.54) is 0 Å². The highest BCUT2D eigenvalue weighted by Gasteiger charge is 2.15. The van der Waals surface area contributed by atoms with Gasteiger partial charge in [0.1, 0.15) is 0 Å². The van der Waals surface area contributed by atoms with Crippen LogP contribution in [-0.4, -0.2) is 18.3 Å². The molecule has 84 valence electrons. The Balaban J connectivity index is 3.03. The van der Waals surface area contributed by atoms with E-state index in [0.717, 1.165) is 12.1 Å². The zero-order valence-electron chi connectivity index (χ0n) is 8.01. The summed E-state index contributed by atoms with van der Waals surface area (Å²) >= 11 is 0. The quantitative estimate of drug-likeness (QED) is 0.754. The Kier molecular flexibility index (Phi) is 4.11. The molecule has 3 N–H and O–H groups in total. The van der Waals surface area contributed by atoms with Gasteiger partial charge in [0.2, 0.25) is 0 Å². The van der Waals surface area contributed by atoms with Gasteiger partial charge >= 0.3 is 0 Å². The fourth-order valence-electron chi connectivity index (χ4n) is 1.39. The predicted octanol–water partition coefficient (Wildman–Crippen LogP) is 1.53. The average molecular weight is 219 g/mol. The molecule has 15 heavy (non-hydrogen) atoms. The van der Waals surface area contributed by atoms with E-state index >= 15 is 0 Å². The van der Waals surface area contributed by atoms with Gasteiger partial charge in [-0.1, -0.05) is 0 Å². The molecule has 0 spiro atoms. The molecule has 5 heteroatoms. The summed E-state index contributed by atoms with van der Waals surface area (Å²) in [6, 6.07) is 1.82. The number of aliphatic hydroxyl groups excluding tert-OH is 1. The summed E-state index contributed by atoms with van der Waals surface area (Å²) in [7, 11) is 0. The fourth-order valence-corrected chi connectivity index (χ4v) is 1.39. The largest absolute Gasteiger partial charge is 0.396 e. The molecule has 1 unspecified atom stereocenters. The van der Waals surface area contributed by atoms with Crippen LogP contribution < -0.4 is 5.73 Å². The Bertz CT molecular complexity index is 320. The average Bonchev–Trinajstić information content (AvgIpc) is 2.22. The van der Waals surface area contributed by atoms with Gasteiger partial charge in [0, 0.05) is 6.61 Å². The fraction of sp³-hybridized carbons (Fsp3) is 0.400. The van der Waals surface area contributed by atoms with Gasteiger partial charge in [-0.15, -0.1) is 0 Å². The highest BCUT2D eigenvalue weighted by atomic mass is 19.2. The maximum absolute atomic E-state index is 12.9. The Labute approximate surface area is 85.5 Å². The Hall–Kier alpha value is -1.07. The lowest BCUT2D eigenvalue weighted by Crippen LogP contribution is -2.14. The lowest BCUT2D eigenvalue weighted by Gasteiger charge is -2.14. The molecular weight excluding hydrogens is 207 g/mol. The third-order valence-electron chi connectivity index (χ3n) is 2.24. The Morgan fingerprint density at radius 3 is 2.13 bits per heavy atom. The molecule has 0 radical (unpaired) electrons. The van der Waals surface area contributed by atoms with Crippen molar-refractivity contribution in [1.29, 1.82) is 0 Å². The van der Waals surface area contributed by atoms with Crippen LogP contribution in [0, 0.1) is 17.5 Å². The summed E-state index contributed by atoms with van der Waals surface area (Å²) in [6.07, 6.45) is 0.293. The van der Waals surface area contributed by atoms with E-state index in [1.807, 2.05) is 0 Å². The van der Waals surface area contributed by atoms with Gasteiger partial charge in [0.05, 0.1) is 0 Å². The summed E-state index contributed by atoms with van der Waals surface area (Å²) in [5.41, 5.74) is 5.65. The molecule has 0 bridgehead atoms. The standard InChI is InChI=1S/C10H12F3NO/c11-8-3-7(4-9(12)10(8)13)6(5-14)1-2-15/h3-4,6,15H,1-2,5,14H2. The van der Waals surface area contributed by atoms with Crippen LogP contribution in [0.3, 0.4) is 0 Å². The molecule has 1 atom stereocenters. The molecular formula is C10H12F3NO. The normalized spacial score (nSPS) is 12.9. The van der Waals surface area contributed by atoms with Gasteiger partial charge in [-0.3, -0.25) is 0 Å². The van der Waals surface area contributed by atoms with Crippen molar-refractivity contribution in [3.63, 3.8) is 0 Å². The van der Waals surface area contributed by atoms with Crippen molar-refractivity contribution in [2.75, 3.05) is 13.2 Å². The molecule has 1 aromatic rings. The lowest BCUT2D eigenvalue weighted by atomic mass is 9.96. The van der Waals surface area contributed by atoms with Crippen LogP contribution in [0.4, 0.5) is 13.2 Å². The Morgan fingerprint density at radius 2 is 1.73 bits per heavy atom. The molecule has 0 aliphatic heterocycles. The van der Waals surface area contributed by atoms with Crippen molar-refractivity contribution in [1.82, 2.24) is 0 Å². The summed E-state index contributed by atoms with van der Waals surface area (Å²) in [5, 5.41) is 8.71. The van der Waals surface area contributed by atoms with Crippen molar-refractivity contribution in [3.05, 3.63) is 35.1 Å². The smallest absolute Gasteiger partial charge is 0.194 e. The number of nitrogens with two attached hydrogens (primary N) is 1. The first-order valence-corrected chi connectivity index (χ1v) is 4.55. The molecule has 1 aromatic carbocycles. The van der Waals surface area contributed by atoms with E-state index < -0.39 is 17.5 Å². The minimum absolute atomic E-state index is 0.136. The monoisotopic (exact) mass is 219 g/mol. The van der Waals surface area contributed by atoms with E-state index in [0.29, 0.717) is 6.42 Å². The maximum Gasteiger partial charge on any atom is 0.194 e. The summed E-state index contributed by atoms with van der Waals surface area (Å²) in [4.78, 5) is 0. The predicted molar refractivity (Wildman–Crippen MR) is 49.8 cm³/mol. The van der Waals surface area contributed by atoms with Gasteiger partial charge in [-0.2, -0.15) is 0 Å². The van der Waals surface area contributed by atoms with E-state index in [9.17, 15) is 13.2 Å². The first-order chi connectivity index (χ1) is 7.10. The molecule has 1 rings (SSSR count). The highest BCUT2D eigenvalue weighted by molar-refractivity contribution is 5.23. The van der Waals surface area contributed by atoms with Crippen LogP contribution in [0.1, 0.15) is 17.9 Å². The number of halogens is 3. The second-order valence-electron chi connectivity index (χ2n) is 3.24. The van der Waals surface area contributed by atoms with Crippen LogP contribution in [-0.2, 0) is 0 Å². The maximum atomic E-state index is 12.9. The van der Waals surface area contributed by atoms with Crippen LogP contribution in [0.5, 0.6) is 0 Å². The molecule has 0 aliphatic carbocycles. The van der Waals surface area contributed by atoms with E-state index in [4.69, 9.17) is 10.8 Å². The van der Waals surface area contributed by atoms with Crippen LogP contribution >= 0.6 is 0 Å². The van der Waals surface area contributed by atoms with Crippen molar-refractivity contribution in [2.45, 2.75) is 12.3 Å². The van der Waals surface area contributed by atoms with Gasteiger partial charge in [-0.25, -0.2) is 13.2 Å². The van der Waals surface area contributed by atoms with Gasteiger partial charge < -0.3 is 10.8 Å². The van der Waals surface area contributed by atoms with Gasteiger partial charge in [0.25, 0.3) is 0 Å². The van der Waals surface area contributed by atoms with E-state index in [1.54, 1.807) is 0 Å². The zero-order chi connectivity index (χ0) is 11.4. The molecule has 0 fully saturated rings. The molecule has 0 amide bonds. The van der Waals surface area contributed by atoms with Crippen molar-refractivity contribution in [3.8, 4) is 0 Å². The van der Waals surface area contributed by atoms with Crippen LogP contribution in [0.15, 0.2) is 12.1 Å². The molecule has 0 saturated carbocycles. The van der Waals surface area contributed by atoms with E-state index in [-0.39, 0.29) is 24.6 Å². The number of hydrogen-bond acceptors (Lipinski definition) is 2. The summed E-state index contributed by atoms with van der Waals surface area (Å²) in [6.45, 7) is 0.00749. The van der Waals surface area contributed by atoms with Gasteiger partial charge in [0.15, 0.2) is 17.5 Å². The van der Waals surface area contributed by atoms with Crippen molar-refractivity contribution < 1.29 is 18.3 Å². The zero-order valence-corrected chi connectivity index (χ0v) is 8.01. The van der Waals surface area contributed by atoms with E-state index in [2.05, 4.69) is 0 Å². The first-order valence-electron chi connectivity index (χ1n) is 4.55.